The van der Waals surface area contributed by atoms with E-state index in [1.165, 1.54) is 75.2 Å². The van der Waals surface area contributed by atoms with Gasteiger partial charge < -0.3 is 15.0 Å². The minimum atomic E-state index is -0.409. The molecule has 0 saturated carbocycles. The Bertz CT molecular complexity index is 1050. The minimum absolute atomic E-state index is 0. The Labute approximate surface area is 256 Å². The molecule has 7 heteroatoms. The Balaban J connectivity index is 0.00000560. The first-order valence-electron chi connectivity index (χ1n) is 14.9. The highest BCUT2D eigenvalue weighted by Gasteiger charge is 2.14. The highest BCUT2D eigenvalue weighted by atomic mass is 79.9. The number of nitrogens with zero attached hydrogens (tertiary/aromatic N) is 1. The van der Waals surface area contributed by atoms with E-state index < -0.39 is 5.82 Å². The third-order valence-electron chi connectivity index (χ3n) is 7.10. The Morgan fingerprint density at radius 3 is 2.23 bits per heavy atom. The van der Waals surface area contributed by atoms with Crippen LogP contribution in [0.3, 0.4) is 0 Å². The molecule has 40 heavy (non-hydrogen) atoms. The molecule has 0 bridgehead atoms. The smallest absolute Gasteiger partial charge is 0.228 e. The molecular weight excluding hydrogens is 587 g/mol. The highest BCUT2D eigenvalue weighted by molar-refractivity contribution is 8.93. The maximum atomic E-state index is 14.6. The Morgan fingerprint density at radius 2 is 1.60 bits per heavy atom. The molecule has 1 aliphatic heterocycles. The predicted molar refractivity (Wildman–Crippen MR) is 174 cm³/mol. The Morgan fingerprint density at radius 1 is 0.950 bits per heavy atom. The van der Waals surface area contributed by atoms with Crippen LogP contribution < -0.4 is 10.1 Å². The second kappa shape index (κ2) is 20.0. The maximum absolute atomic E-state index is 14.6. The van der Waals surface area contributed by atoms with Crippen molar-refractivity contribution in [3.05, 3.63) is 70.5 Å². The molecule has 0 unspecified atom stereocenters. The summed E-state index contributed by atoms with van der Waals surface area (Å²) in [6.07, 6.45) is 17.7. The number of amides is 1. The molecule has 0 atom stereocenters. The summed E-state index contributed by atoms with van der Waals surface area (Å²) in [5.41, 5.74) is 2.49. The molecule has 0 fully saturated rings. The van der Waals surface area contributed by atoms with Crippen molar-refractivity contribution in [1.82, 2.24) is 4.90 Å². The minimum Gasteiger partial charge on any atom is -0.491 e. The van der Waals surface area contributed by atoms with Crippen LogP contribution in [0.5, 0.6) is 5.75 Å². The van der Waals surface area contributed by atoms with Crippen LogP contribution in [0, 0.1) is 5.82 Å². The van der Waals surface area contributed by atoms with Crippen molar-refractivity contribution < 1.29 is 13.9 Å². The maximum Gasteiger partial charge on any atom is 0.228 e. The summed E-state index contributed by atoms with van der Waals surface area (Å²) in [6, 6.07) is 12.7. The van der Waals surface area contributed by atoms with Crippen molar-refractivity contribution in [2.45, 2.75) is 104 Å². The van der Waals surface area contributed by atoms with E-state index in [0.717, 1.165) is 36.5 Å². The first-order chi connectivity index (χ1) is 19.0. The molecule has 0 aliphatic carbocycles. The number of carbonyl (C=O) groups is 1. The van der Waals surface area contributed by atoms with Gasteiger partial charge in [-0.15, -0.1) is 28.7 Å². The molecule has 0 radical (unpaired) electrons. The number of para-hydroxylation sites is 1. The zero-order valence-corrected chi connectivity index (χ0v) is 26.9. The van der Waals surface area contributed by atoms with Crippen molar-refractivity contribution in [3.8, 4) is 5.75 Å². The second-order valence-corrected chi connectivity index (χ2v) is 11.8. The number of thioether (sulfide) groups is 1. The fourth-order valence-corrected chi connectivity index (χ4v) is 5.64. The molecule has 222 valence electrons. The molecule has 0 spiro atoms. The van der Waals surface area contributed by atoms with Gasteiger partial charge in [-0.2, -0.15) is 0 Å². The fraction of sp³-hybridized carbons (Fsp3) is 0.545. The SMILES string of the molecule is Br.CCCCCCCCCCCCCCOc1ccc(CC(=O)Nc2ccccc2CN2C=C(C)SC2)cc1F. The van der Waals surface area contributed by atoms with Gasteiger partial charge >= 0.3 is 0 Å². The number of allylic oxidation sites excluding steroid dienone is 1. The number of anilines is 1. The number of hydrogen-bond acceptors (Lipinski definition) is 4. The summed E-state index contributed by atoms with van der Waals surface area (Å²) in [5, 5.41) is 3.01. The van der Waals surface area contributed by atoms with E-state index >= 15 is 0 Å². The average molecular weight is 636 g/mol. The summed E-state index contributed by atoms with van der Waals surface area (Å²) in [5.74, 6) is 0.614. The van der Waals surface area contributed by atoms with Crippen LogP contribution in [-0.4, -0.2) is 23.3 Å². The normalized spacial score (nSPS) is 12.7. The summed E-state index contributed by atoms with van der Waals surface area (Å²) in [6.45, 7) is 5.62. The molecule has 2 aromatic rings. The van der Waals surface area contributed by atoms with E-state index in [-0.39, 0.29) is 35.1 Å². The number of carbonyl (C=O) groups excluding carboxylic acids is 1. The van der Waals surface area contributed by atoms with Gasteiger partial charge in [0.05, 0.1) is 18.9 Å². The lowest BCUT2D eigenvalue weighted by atomic mass is 10.1. The molecule has 1 N–H and O–H groups in total. The van der Waals surface area contributed by atoms with Gasteiger partial charge in [-0.05, 0) is 47.6 Å². The monoisotopic (exact) mass is 634 g/mol. The number of hydrogen-bond donors (Lipinski definition) is 1. The first-order valence-corrected chi connectivity index (χ1v) is 15.9. The van der Waals surface area contributed by atoms with E-state index in [4.69, 9.17) is 4.74 Å². The zero-order chi connectivity index (χ0) is 27.7. The lowest BCUT2D eigenvalue weighted by Gasteiger charge is -2.18. The third kappa shape index (κ3) is 13.1. The van der Waals surface area contributed by atoms with Gasteiger partial charge in [0.1, 0.15) is 0 Å². The molecule has 2 aromatic carbocycles. The largest absolute Gasteiger partial charge is 0.491 e. The molecular formula is C33H48BrFN2O2S. The van der Waals surface area contributed by atoms with Gasteiger partial charge in [-0.25, -0.2) is 4.39 Å². The number of rotatable bonds is 19. The van der Waals surface area contributed by atoms with Gasteiger partial charge in [0.25, 0.3) is 0 Å². The lowest BCUT2D eigenvalue weighted by Crippen LogP contribution is -2.18. The second-order valence-electron chi connectivity index (χ2n) is 10.6. The molecule has 4 nitrogen and oxygen atoms in total. The molecule has 1 heterocycles. The summed E-state index contributed by atoms with van der Waals surface area (Å²) in [4.78, 5) is 16.3. The summed E-state index contributed by atoms with van der Waals surface area (Å²) in [7, 11) is 0. The third-order valence-corrected chi connectivity index (χ3v) is 8.13. The Hall–Kier alpha value is -1.99. The number of halogens is 2. The van der Waals surface area contributed by atoms with Gasteiger partial charge in [0.2, 0.25) is 5.91 Å². The Kier molecular flexibility index (Phi) is 17.1. The number of benzene rings is 2. The van der Waals surface area contributed by atoms with Crippen LogP contribution in [-0.2, 0) is 17.8 Å². The van der Waals surface area contributed by atoms with Gasteiger partial charge in [-0.1, -0.05) is 102 Å². The average Bonchev–Trinajstić information content (AvgIpc) is 3.33. The van der Waals surface area contributed by atoms with Crippen molar-refractivity contribution in [3.63, 3.8) is 0 Å². The van der Waals surface area contributed by atoms with Crippen LogP contribution in [0.4, 0.5) is 10.1 Å². The fourth-order valence-electron chi connectivity index (χ4n) is 4.88. The molecule has 1 amide bonds. The van der Waals surface area contributed by atoms with Crippen molar-refractivity contribution in [1.29, 1.82) is 0 Å². The van der Waals surface area contributed by atoms with E-state index in [9.17, 15) is 9.18 Å². The lowest BCUT2D eigenvalue weighted by molar-refractivity contribution is -0.115. The molecule has 1 aliphatic rings. The summed E-state index contributed by atoms with van der Waals surface area (Å²) < 4.78 is 20.3. The van der Waals surface area contributed by atoms with E-state index in [2.05, 4.69) is 30.3 Å². The van der Waals surface area contributed by atoms with E-state index in [1.54, 1.807) is 12.1 Å². The van der Waals surface area contributed by atoms with Gasteiger partial charge in [0, 0.05) is 18.4 Å². The molecule has 0 aromatic heterocycles. The molecule has 0 saturated heterocycles. The predicted octanol–water partition coefficient (Wildman–Crippen LogP) is 10.0. The summed E-state index contributed by atoms with van der Waals surface area (Å²) >= 11 is 1.82. The standard InChI is InChI=1S/C33H47FN2O2S.BrH/c1-3-4-5-6-7-8-9-10-11-12-13-16-21-38-32-20-19-28(22-30(32)34)23-33(37)35-31-18-15-14-17-29(31)25-36-24-27(2)39-26-36;/h14-15,17-20,22,24H,3-13,16,21,23,25-26H2,1-2H3,(H,35,37);1H. The van der Waals surface area contributed by atoms with Crippen LogP contribution in [0.1, 0.15) is 102 Å². The van der Waals surface area contributed by atoms with Crippen LogP contribution >= 0.6 is 28.7 Å². The van der Waals surface area contributed by atoms with Crippen molar-refractivity contribution in [2.75, 3.05) is 17.8 Å². The van der Waals surface area contributed by atoms with Gasteiger partial charge in [-0.3, -0.25) is 4.79 Å². The van der Waals surface area contributed by atoms with Crippen molar-refractivity contribution in [2.24, 2.45) is 0 Å². The van der Waals surface area contributed by atoms with E-state index in [1.807, 2.05) is 36.0 Å². The topological polar surface area (TPSA) is 41.6 Å². The number of nitrogens with one attached hydrogen (secondary N) is 1. The van der Waals surface area contributed by atoms with Crippen LogP contribution in [0.25, 0.3) is 0 Å². The quantitative estimate of drug-likeness (QED) is 0.156. The number of unbranched alkanes of at least 4 members (excludes halogenated alkanes) is 11. The number of ether oxygens (including phenoxy) is 1. The van der Waals surface area contributed by atoms with Crippen molar-refractivity contribution >= 4 is 40.3 Å². The highest BCUT2D eigenvalue weighted by Crippen LogP contribution is 2.28. The zero-order valence-electron chi connectivity index (χ0n) is 24.4. The van der Waals surface area contributed by atoms with Crippen LogP contribution in [0.2, 0.25) is 0 Å². The van der Waals surface area contributed by atoms with E-state index in [0.29, 0.717) is 12.2 Å². The first kappa shape index (κ1) is 34.2. The van der Waals surface area contributed by atoms with Crippen LogP contribution in [0.15, 0.2) is 53.6 Å². The molecule has 3 rings (SSSR count). The van der Waals surface area contributed by atoms with Gasteiger partial charge in [0.15, 0.2) is 11.6 Å².